The average Bonchev–Trinajstić information content (AvgIpc) is 1.86. The molecule has 0 saturated heterocycles. The molecular weight excluding hydrogens is 163 g/mol. The lowest BCUT2D eigenvalue weighted by Gasteiger charge is -1.92. The van der Waals surface area contributed by atoms with Crippen LogP contribution in [0.2, 0.25) is 0 Å². The fraction of sp³-hybridized carbons (Fsp3) is 1.00. The van der Waals surface area contributed by atoms with Crippen LogP contribution in [0.3, 0.4) is 0 Å². The number of hydrogen-bond donors (Lipinski definition) is 0. The van der Waals surface area contributed by atoms with E-state index in [2.05, 4.69) is 6.92 Å². The van der Waals surface area contributed by atoms with E-state index in [4.69, 9.17) is 9.05 Å². The molecule has 1 atom stereocenters. The molecule has 0 N–H and O–H groups in total. The lowest BCUT2D eigenvalue weighted by atomic mass is 10.4. The monoisotopic (exact) mass is 179 g/mol. The van der Waals surface area contributed by atoms with Crippen LogP contribution in [0.25, 0.3) is 0 Å². The first kappa shape index (κ1) is 11.0. The highest BCUT2D eigenvalue weighted by Crippen LogP contribution is 2.25. The molecule has 0 spiro atoms. The Morgan fingerprint density at radius 2 is 2.09 bits per heavy atom. The molecule has 0 saturated carbocycles. The smallest absolute Gasteiger partial charge is 0.119 e. The number of rotatable bonds is 6. The van der Waals surface area contributed by atoms with Crippen molar-refractivity contribution in [2.24, 2.45) is 0 Å². The Labute approximate surface area is 69.0 Å². The van der Waals surface area contributed by atoms with E-state index in [1.54, 1.807) is 0 Å². The molecule has 0 rings (SSSR count). The predicted molar refractivity (Wildman–Crippen MR) is 44.7 cm³/mol. The molecule has 0 amide bonds. The van der Waals surface area contributed by atoms with Gasteiger partial charge in [0, 0.05) is 4.57 Å². The molecule has 0 aromatic rings. The second-order valence-electron chi connectivity index (χ2n) is 2.56. The van der Waals surface area contributed by atoms with Crippen LogP contribution in [0.4, 0.5) is 0 Å². The molecule has 0 aliphatic heterocycles. The van der Waals surface area contributed by atoms with Crippen molar-refractivity contribution in [3.8, 4) is 0 Å². The van der Waals surface area contributed by atoms with Crippen molar-refractivity contribution in [3.05, 3.63) is 0 Å². The first-order valence-electron chi connectivity index (χ1n) is 3.93. The summed E-state index contributed by atoms with van der Waals surface area (Å²) < 4.78 is 20.6. The normalized spacial score (nSPS) is 12.2. The molecule has 4 heteroatoms. The fourth-order valence-electron chi connectivity index (χ4n) is 0.486. The number of hydrogen-bond acceptors (Lipinski definition) is 3. The van der Waals surface area contributed by atoms with Crippen molar-refractivity contribution in [3.63, 3.8) is 0 Å². The molecule has 0 bridgehead atoms. The molecule has 0 fully saturated rings. The largest absolute Gasteiger partial charge is 0.697 e. The van der Waals surface area contributed by atoms with Gasteiger partial charge in [-0.15, -0.1) is 9.05 Å². The summed E-state index contributed by atoms with van der Waals surface area (Å²) >= 11 is 0. The van der Waals surface area contributed by atoms with Gasteiger partial charge >= 0.3 is 8.25 Å². The zero-order valence-corrected chi connectivity index (χ0v) is 8.27. The SMILES string of the molecule is CCCCO[P+](=O)OC(C)C. The van der Waals surface area contributed by atoms with Crippen LogP contribution < -0.4 is 0 Å². The highest BCUT2D eigenvalue weighted by atomic mass is 31.1. The lowest BCUT2D eigenvalue weighted by Crippen LogP contribution is -1.96. The zero-order chi connectivity index (χ0) is 8.69. The van der Waals surface area contributed by atoms with Gasteiger partial charge in [-0.25, -0.2) is 0 Å². The quantitative estimate of drug-likeness (QED) is 0.464. The maximum absolute atomic E-state index is 10.8. The Morgan fingerprint density at radius 3 is 2.55 bits per heavy atom. The van der Waals surface area contributed by atoms with Gasteiger partial charge in [0.15, 0.2) is 0 Å². The summed E-state index contributed by atoms with van der Waals surface area (Å²) in [6.45, 7) is 6.24. The van der Waals surface area contributed by atoms with Gasteiger partial charge in [-0.1, -0.05) is 13.3 Å². The third kappa shape index (κ3) is 7.92. The van der Waals surface area contributed by atoms with Crippen LogP contribution >= 0.6 is 8.25 Å². The molecule has 0 aliphatic carbocycles. The zero-order valence-electron chi connectivity index (χ0n) is 7.37. The topological polar surface area (TPSA) is 35.5 Å². The lowest BCUT2D eigenvalue weighted by molar-refractivity contribution is 0.186. The van der Waals surface area contributed by atoms with Crippen LogP contribution in [0.5, 0.6) is 0 Å². The molecule has 0 aromatic carbocycles. The first-order chi connectivity index (χ1) is 5.16. The van der Waals surface area contributed by atoms with E-state index in [0.717, 1.165) is 12.8 Å². The van der Waals surface area contributed by atoms with Crippen molar-refractivity contribution in [1.82, 2.24) is 0 Å². The maximum Gasteiger partial charge on any atom is 0.697 e. The predicted octanol–water partition coefficient (Wildman–Crippen LogP) is 2.89. The molecule has 1 unspecified atom stereocenters. The van der Waals surface area contributed by atoms with Crippen LogP contribution in [0.15, 0.2) is 0 Å². The van der Waals surface area contributed by atoms with Gasteiger partial charge in [-0.2, -0.15) is 0 Å². The summed E-state index contributed by atoms with van der Waals surface area (Å²) in [6.07, 6.45) is 1.95. The van der Waals surface area contributed by atoms with Crippen LogP contribution in [-0.4, -0.2) is 12.7 Å². The van der Waals surface area contributed by atoms with E-state index in [1.807, 2.05) is 13.8 Å². The first-order valence-corrected chi connectivity index (χ1v) is 5.03. The minimum atomic E-state index is -1.88. The third-order valence-electron chi connectivity index (χ3n) is 0.991. The Kier molecular flexibility index (Phi) is 6.73. The van der Waals surface area contributed by atoms with E-state index in [1.165, 1.54) is 0 Å². The van der Waals surface area contributed by atoms with Crippen molar-refractivity contribution in [2.45, 2.75) is 39.7 Å². The maximum atomic E-state index is 10.8. The van der Waals surface area contributed by atoms with Crippen LogP contribution in [0, 0.1) is 0 Å². The van der Waals surface area contributed by atoms with Crippen LogP contribution in [0.1, 0.15) is 33.6 Å². The highest BCUT2D eigenvalue weighted by molar-refractivity contribution is 7.33. The van der Waals surface area contributed by atoms with Crippen molar-refractivity contribution < 1.29 is 13.6 Å². The van der Waals surface area contributed by atoms with Crippen molar-refractivity contribution >= 4 is 8.25 Å². The summed E-state index contributed by atoms with van der Waals surface area (Å²) in [5.41, 5.74) is 0. The Balaban J connectivity index is 3.23. The van der Waals surface area contributed by atoms with Gasteiger partial charge in [0.05, 0.1) is 0 Å². The van der Waals surface area contributed by atoms with Crippen molar-refractivity contribution in [1.29, 1.82) is 0 Å². The summed E-state index contributed by atoms with van der Waals surface area (Å²) in [5.74, 6) is 0. The third-order valence-corrected chi connectivity index (χ3v) is 1.98. The summed E-state index contributed by atoms with van der Waals surface area (Å²) in [6, 6.07) is 0. The Morgan fingerprint density at radius 1 is 1.45 bits per heavy atom. The van der Waals surface area contributed by atoms with Gasteiger partial charge in [0.25, 0.3) is 0 Å². The van der Waals surface area contributed by atoms with E-state index in [9.17, 15) is 4.57 Å². The molecule has 0 aliphatic rings. The summed E-state index contributed by atoms with van der Waals surface area (Å²) in [5, 5.41) is 0. The van der Waals surface area contributed by atoms with E-state index >= 15 is 0 Å². The Bertz CT molecular complexity index is 114. The molecule has 66 valence electrons. The summed E-state index contributed by atoms with van der Waals surface area (Å²) in [7, 11) is -1.88. The Hall–Kier alpha value is 0.0200. The minimum Gasteiger partial charge on any atom is -0.119 e. The van der Waals surface area contributed by atoms with E-state index in [0.29, 0.717) is 6.61 Å². The van der Waals surface area contributed by atoms with Gasteiger partial charge in [-0.05, 0) is 20.3 Å². The molecular formula is C7H16O3P+. The molecule has 0 radical (unpaired) electrons. The van der Waals surface area contributed by atoms with E-state index in [-0.39, 0.29) is 6.10 Å². The second-order valence-corrected chi connectivity index (χ2v) is 3.48. The minimum absolute atomic E-state index is 0.0276. The van der Waals surface area contributed by atoms with Gasteiger partial charge in [0.2, 0.25) is 0 Å². The van der Waals surface area contributed by atoms with Gasteiger partial charge in [-0.3, -0.25) is 0 Å². The molecule has 11 heavy (non-hydrogen) atoms. The fourth-order valence-corrected chi connectivity index (χ4v) is 1.17. The van der Waals surface area contributed by atoms with E-state index < -0.39 is 8.25 Å². The van der Waals surface area contributed by atoms with Gasteiger partial charge in [0.1, 0.15) is 12.7 Å². The van der Waals surface area contributed by atoms with Crippen molar-refractivity contribution in [2.75, 3.05) is 6.61 Å². The summed E-state index contributed by atoms with van der Waals surface area (Å²) in [4.78, 5) is 0. The number of unbranched alkanes of at least 4 members (excludes halogenated alkanes) is 1. The van der Waals surface area contributed by atoms with Gasteiger partial charge < -0.3 is 0 Å². The molecule has 3 nitrogen and oxygen atoms in total. The van der Waals surface area contributed by atoms with Crippen LogP contribution in [-0.2, 0) is 13.6 Å². The standard InChI is InChI=1S/C7H16O3P/c1-4-5-6-9-11(8)10-7(2)3/h7H,4-6H2,1-3H3/q+1. The molecule has 0 aromatic heterocycles. The average molecular weight is 179 g/mol. The highest BCUT2D eigenvalue weighted by Gasteiger charge is 2.21. The molecule has 0 heterocycles. The second kappa shape index (κ2) is 6.71.